The summed E-state index contributed by atoms with van der Waals surface area (Å²) in [6, 6.07) is 1.99. The molecule has 1 aromatic rings. The van der Waals surface area contributed by atoms with Gasteiger partial charge in [0.1, 0.15) is 0 Å². The Bertz CT molecular complexity index is 871. The number of sulfone groups is 1. The predicted molar refractivity (Wildman–Crippen MR) is 87.3 cm³/mol. The van der Waals surface area contributed by atoms with E-state index in [1.807, 2.05) is 0 Å². The van der Waals surface area contributed by atoms with Crippen molar-refractivity contribution in [3.05, 3.63) is 35.4 Å². The van der Waals surface area contributed by atoms with Crippen LogP contribution in [0.15, 0.2) is 18.2 Å². The molecule has 1 aromatic carbocycles. The molecule has 0 aliphatic carbocycles. The lowest BCUT2D eigenvalue weighted by Gasteiger charge is -2.25. The molecule has 2 rings (SSSR count). The minimum absolute atomic E-state index is 0.0785. The van der Waals surface area contributed by atoms with Crippen molar-refractivity contribution >= 4 is 25.8 Å². The average Bonchev–Trinajstić information content (AvgIpc) is 2.84. The second-order valence-electron chi connectivity index (χ2n) is 5.82. The number of hydrogen-bond acceptors (Lipinski definition) is 5. The molecular formula is C14H18F2N2O5S2. The first-order chi connectivity index (χ1) is 11.5. The Labute approximate surface area is 145 Å². The van der Waals surface area contributed by atoms with Crippen molar-refractivity contribution < 1.29 is 30.4 Å². The minimum Gasteiger partial charge on any atom is -0.351 e. The molecule has 0 saturated carbocycles. The summed E-state index contributed by atoms with van der Waals surface area (Å²) in [5, 5.41) is 2.41. The van der Waals surface area contributed by atoms with Crippen LogP contribution in [0, 0.1) is 11.6 Å². The molecule has 1 unspecified atom stereocenters. The van der Waals surface area contributed by atoms with E-state index in [1.54, 1.807) is 0 Å². The van der Waals surface area contributed by atoms with Crippen molar-refractivity contribution in [1.29, 1.82) is 0 Å². The van der Waals surface area contributed by atoms with Crippen LogP contribution >= 0.6 is 0 Å². The molecule has 0 bridgehead atoms. The van der Waals surface area contributed by atoms with Crippen molar-refractivity contribution in [3.8, 4) is 0 Å². The van der Waals surface area contributed by atoms with Gasteiger partial charge in [-0.05, 0) is 24.6 Å². The maximum atomic E-state index is 13.1. The van der Waals surface area contributed by atoms with Crippen LogP contribution < -0.4 is 5.32 Å². The Kier molecular flexibility index (Phi) is 5.79. The summed E-state index contributed by atoms with van der Waals surface area (Å²) >= 11 is 0. The highest BCUT2D eigenvalue weighted by Gasteiger charge is 2.36. The number of nitrogens with one attached hydrogen (secondary N) is 1. The van der Waals surface area contributed by atoms with E-state index in [-0.39, 0.29) is 36.6 Å². The Morgan fingerprint density at radius 3 is 2.52 bits per heavy atom. The first-order valence-electron chi connectivity index (χ1n) is 7.40. The smallest absolute Gasteiger partial charge is 0.251 e. The number of carbonyl (C=O) groups is 1. The number of nitrogens with zero attached hydrogens (tertiary/aromatic N) is 1. The molecule has 25 heavy (non-hydrogen) atoms. The molecule has 0 radical (unpaired) electrons. The predicted octanol–water partition coefficient (Wildman–Crippen LogP) is 0.143. The molecule has 0 spiro atoms. The second kappa shape index (κ2) is 7.34. The molecule has 1 amide bonds. The molecule has 1 atom stereocenters. The lowest BCUT2D eigenvalue weighted by atomic mass is 10.2. The third-order valence-electron chi connectivity index (χ3n) is 3.84. The Balaban J connectivity index is 1.99. The maximum Gasteiger partial charge on any atom is 0.251 e. The fraction of sp³-hybridized carbons (Fsp3) is 0.500. The van der Waals surface area contributed by atoms with Crippen molar-refractivity contribution in [2.24, 2.45) is 0 Å². The van der Waals surface area contributed by atoms with Crippen LogP contribution in [0.1, 0.15) is 16.8 Å². The molecule has 0 aromatic heterocycles. The first-order valence-corrected chi connectivity index (χ1v) is 11.1. The van der Waals surface area contributed by atoms with Gasteiger partial charge in [-0.2, -0.15) is 4.31 Å². The van der Waals surface area contributed by atoms with Gasteiger partial charge < -0.3 is 5.32 Å². The van der Waals surface area contributed by atoms with Crippen LogP contribution in [0.5, 0.6) is 0 Å². The lowest BCUT2D eigenvalue weighted by molar-refractivity contribution is 0.0950. The zero-order valence-corrected chi connectivity index (χ0v) is 15.0. The highest BCUT2D eigenvalue weighted by molar-refractivity contribution is 7.92. The number of benzene rings is 1. The monoisotopic (exact) mass is 396 g/mol. The zero-order chi connectivity index (χ0) is 18.8. The van der Waals surface area contributed by atoms with Crippen LogP contribution in [-0.2, 0) is 19.9 Å². The summed E-state index contributed by atoms with van der Waals surface area (Å²) in [7, 11) is -6.93. The first kappa shape index (κ1) is 19.7. The van der Waals surface area contributed by atoms with Crippen molar-refractivity contribution in [2.75, 3.05) is 30.9 Å². The van der Waals surface area contributed by atoms with Gasteiger partial charge in [0, 0.05) is 24.7 Å². The number of rotatable bonds is 6. The van der Waals surface area contributed by atoms with E-state index in [9.17, 15) is 30.4 Å². The second-order valence-corrected chi connectivity index (χ2v) is 9.98. The molecule has 1 heterocycles. The Morgan fingerprint density at radius 1 is 1.32 bits per heavy atom. The number of hydrogen-bond donors (Lipinski definition) is 1. The zero-order valence-electron chi connectivity index (χ0n) is 13.4. The number of halogens is 2. The van der Waals surface area contributed by atoms with Gasteiger partial charge in [-0.3, -0.25) is 4.79 Å². The van der Waals surface area contributed by atoms with Crippen molar-refractivity contribution in [2.45, 2.75) is 12.5 Å². The Morgan fingerprint density at radius 2 is 2.00 bits per heavy atom. The topological polar surface area (TPSA) is 101 Å². The standard InChI is InChI=1S/C14H18F2N2O5S2/c1-24(20,21)18(11-4-7-25(22,23)9-11)6-5-17-14(19)10-2-3-12(15)13(16)8-10/h2-3,8,11H,4-7,9H2,1H3,(H,17,19). The van der Waals surface area contributed by atoms with E-state index in [1.165, 1.54) is 0 Å². The molecule has 1 aliphatic rings. The summed E-state index contributed by atoms with van der Waals surface area (Å²) in [5.74, 6) is -3.27. The molecule has 1 N–H and O–H groups in total. The highest BCUT2D eigenvalue weighted by atomic mass is 32.2. The maximum absolute atomic E-state index is 13.1. The summed E-state index contributed by atoms with van der Waals surface area (Å²) in [6.07, 6.45) is 1.17. The third kappa shape index (κ3) is 5.19. The molecular weight excluding hydrogens is 378 g/mol. The van der Waals surface area contributed by atoms with E-state index >= 15 is 0 Å². The van der Waals surface area contributed by atoms with E-state index in [2.05, 4.69) is 5.32 Å². The number of sulfonamides is 1. The summed E-state index contributed by atoms with van der Waals surface area (Å²) in [5.41, 5.74) is -0.103. The summed E-state index contributed by atoms with van der Waals surface area (Å²) in [4.78, 5) is 11.9. The Hall–Kier alpha value is -1.59. The SMILES string of the molecule is CS(=O)(=O)N(CCNC(=O)c1ccc(F)c(F)c1)C1CCS(=O)(=O)C1. The van der Waals surface area contributed by atoms with E-state index in [4.69, 9.17) is 0 Å². The highest BCUT2D eigenvalue weighted by Crippen LogP contribution is 2.19. The van der Waals surface area contributed by atoms with Crippen LogP contribution in [-0.4, -0.2) is 63.9 Å². The molecule has 1 fully saturated rings. The van der Waals surface area contributed by atoms with Crippen LogP contribution in [0.2, 0.25) is 0 Å². The summed E-state index contributed by atoms with van der Waals surface area (Å²) in [6.45, 7) is -0.212. The van der Waals surface area contributed by atoms with Gasteiger partial charge in [0.15, 0.2) is 21.5 Å². The van der Waals surface area contributed by atoms with Crippen molar-refractivity contribution in [1.82, 2.24) is 9.62 Å². The molecule has 1 aliphatic heterocycles. The fourth-order valence-electron chi connectivity index (χ4n) is 2.64. The van der Waals surface area contributed by atoms with Gasteiger partial charge in [0.05, 0.1) is 17.8 Å². The largest absolute Gasteiger partial charge is 0.351 e. The van der Waals surface area contributed by atoms with E-state index in [0.29, 0.717) is 0 Å². The summed E-state index contributed by atoms with van der Waals surface area (Å²) < 4.78 is 73.9. The van der Waals surface area contributed by atoms with Crippen LogP contribution in [0.4, 0.5) is 8.78 Å². The van der Waals surface area contributed by atoms with Crippen molar-refractivity contribution in [3.63, 3.8) is 0 Å². The van der Waals surface area contributed by atoms with Gasteiger partial charge in [-0.15, -0.1) is 0 Å². The van der Waals surface area contributed by atoms with Gasteiger partial charge in [-0.1, -0.05) is 0 Å². The lowest BCUT2D eigenvalue weighted by Crippen LogP contribution is -2.44. The molecule has 11 heteroatoms. The van der Waals surface area contributed by atoms with Gasteiger partial charge in [-0.25, -0.2) is 25.6 Å². The minimum atomic E-state index is -3.67. The number of carbonyl (C=O) groups excluding carboxylic acids is 1. The normalized spacial score (nSPS) is 19.9. The number of amides is 1. The van der Waals surface area contributed by atoms with Crippen LogP contribution in [0.3, 0.4) is 0 Å². The van der Waals surface area contributed by atoms with Crippen LogP contribution in [0.25, 0.3) is 0 Å². The fourth-order valence-corrected chi connectivity index (χ4v) is 5.61. The molecule has 1 saturated heterocycles. The van der Waals surface area contributed by atoms with E-state index < -0.39 is 43.4 Å². The van der Waals surface area contributed by atoms with E-state index in [0.717, 1.165) is 28.8 Å². The van der Waals surface area contributed by atoms with Gasteiger partial charge >= 0.3 is 0 Å². The quantitative estimate of drug-likeness (QED) is 0.737. The molecule has 7 nitrogen and oxygen atoms in total. The molecule has 140 valence electrons. The average molecular weight is 396 g/mol. The van der Waals surface area contributed by atoms with Gasteiger partial charge in [0.25, 0.3) is 5.91 Å². The third-order valence-corrected chi connectivity index (χ3v) is 6.92. The van der Waals surface area contributed by atoms with Gasteiger partial charge in [0.2, 0.25) is 10.0 Å².